The minimum absolute atomic E-state index is 0.103. The van der Waals surface area contributed by atoms with Gasteiger partial charge in [-0.05, 0) is 42.0 Å². The van der Waals surface area contributed by atoms with Gasteiger partial charge in [0.15, 0.2) is 5.96 Å². The van der Waals surface area contributed by atoms with Crippen molar-refractivity contribution in [1.29, 1.82) is 0 Å². The Balaban J connectivity index is 1.64. The lowest BCUT2D eigenvalue weighted by atomic mass is 9.89. The van der Waals surface area contributed by atoms with E-state index >= 15 is 0 Å². The second kappa shape index (κ2) is 8.86. The second-order valence-electron chi connectivity index (χ2n) is 7.24. The second-order valence-corrected chi connectivity index (χ2v) is 7.24. The lowest BCUT2D eigenvalue weighted by Gasteiger charge is -2.31. The van der Waals surface area contributed by atoms with E-state index in [0.29, 0.717) is 24.3 Å². The first-order valence-electron chi connectivity index (χ1n) is 9.47. The zero-order valence-electron chi connectivity index (χ0n) is 15.7. The molecule has 2 aromatic rings. The molecule has 2 atom stereocenters. The highest BCUT2D eigenvalue weighted by Gasteiger charge is 2.27. The van der Waals surface area contributed by atoms with Gasteiger partial charge < -0.3 is 15.8 Å². The molecular weight excluding hydrogens is 322 g/mol. The highest BCUT2D eigenvalue weighted by Crippen LogP contribution is 2.33. The number of nitrogens with zero attached hydrogens (tertiary/aromatic N) is 1. The normalized spacial score (nSPS) is 21.0. The van der Waals surface area contributed by atoms with Crippen molar-refractivity contribution in [3.8, 4) is 0 Å². The Morgan fingerprint density at radius 1 is 1.19 bits per heavy atom. The summed E-state index contributed by atoms with van der Waals surface area (Å²) in [6.45, 7) is 5.85. The van der Waals surface area contributed by atoms with Crippen LogP contribution in [0.5, 0.6) is 0 Å². The van der Waals surface area contributed by atoms with Crippen molar-refractivity contribution >= 4 is 11.6 Å². The lowest BCUT2D eigenvalue weighted by molar-refractivity contribution is -0.0249. The smallest absolute Gasteiger partial charge is 0.193 e. The van der Waals surface area contributed by atoms with Crippen molar-refractivity contribution in [2.45, 2.75) is 38.7 Å². The number of aliphatic imine (C=N–C) groups is 1. The molecule has 4 nitrogen and oxygen atoms in total. The number of nitrogens with two attached hydrogens (primary N) is 1. The Morgan fingerprint density at radius 3 is 2.77 bits per heavy atom. The number of hydrogen-bond donors (Lipinski definition) is 2. The zero-order chi connectivity index (χ0) is 18.4. The molecule has 1 heterocycles. The Bertz CT molecular complexity index is 727. The molecule has 138 valence electrons. The fourth-order valence-corrected chi connectivity index (χ4v) is 3.42. The van der Waals surface area contributed by atoms with Crippen LogP contribution in [0.15, 0.2) is 59.6 Å². The summed E-state index contributed by atoms with van der Waals surface area (Å²) < 4.78 is 6.04. The third-order valence-corrected chi connectivity index (χ3v) is 4.89. The zero-order valence-corrected chi connectivity index (χ0v) is 15.7. The van der Waals surface area contributed by atoms with E-state index in [-0.39, 0.29) is 6.10 Å². The van der Waals surface area contributed by atoms with Crippen molar-refractivity contribution in [3.05, 3.63) is 65.7 Å². The molecular formula is C22H29N3O. The van der Waals surface area contributed by atoms with Gasteiger partial charge in [-0.1, -0.05) is 56.3 Å². The van der Waals surface area contributed by atoms with Crippen LogP contribution >= 0.6 is 0 Å². The topological polar surface area (TPSA) is 59.6 Å². The van der Waals surface area contributed by atoms with E-state index in [1.165, 1.54) is 11.1 Å². The molecule has 1 aliphatic rings. The molecule has 0 radical (unpaired) electrons. The van der Waals surface area contributed by atoms with Crippen molar-refractivity contribution in [2.75, 3.05) is 18.5 Å². The highest BCUT2D eigenvalue weighted by molar-refractivity contribution is 5.92. The molecule has 0 amide bonds. The molecule has 0 aliphatic carbocycles. The molecule has 2 aromatic carbocycles. The van der Waals surface area contributed by atoms with Crippen molar-refractivity contribution in [3.63, 3.8) is 0 Å². The number of anilines is 1. The van der Waals surface area contributed by atoms with E-state index in [9.17, 15) is 0 Å². The first-order chi connectivity index (χ1) is 12.6. The summed E-state index contributed by atoms with van der Waals surface area (Å²) in [4.78, 5) is 4.60. The molecule has 3 rings (SSSR count). The molecule has 1 fully saturated rings. The molecule has 4 heteroatoms. The van der Waals surface area contributed by atoms with Gasteiger partial charge in [0, 0.05) is 24.8 Å². The quantitative estimate of drug-likeness (QED) is 0.606. The maximum Gasteiger partial charge on any atom is 0.193 e. The first-order valence-corrected chi connectivity index (χ1v) is 9.47. The summed E-state index contributed by atoms with van der Waals surface area (Å²) in [6, 6.07) is 18.7. The number of benzene rings is 2. The molecule has 0 bridgehead atoms. The number of hydrogen-bond acceptors (Lipinski definition) is 2. The molecule has 26 heavy (non-hydrogen) atoms. The van der Waals surface area contributed by atoms with Crippen LogP contribution in [-0.4, -0.2) is 19.1 Å². The Labute approximate surface area is 156 Å². The minimum Gasteiger partial charge on any atom is -0.373 e. The minimum atomic E-state index is 0.103. The van der Waals surface area contributed by atoms with Crippen molar-refractivity contribution in [1.82, 2.24) is 0 Å². The van der Waals surface area contributed by atoms with Gasteiger partial charge in [0.2, 0.25) is 0 Å². The standard InChI is InChI=1S/C22H29N3O/c1-16(2)18-10-6-12-20(14-18)25-22(23)24-15-19-11-7-13-26-21(19)17-8-4-3-5-9-17/h3-6,8-10,12,14,16,19,21H,7,11,13,15H2,1-2H3,(H3,23,24,25). The molecule has 0 saturated carbocycles. The van der Waals surface area contributed by atoms with Gasteiger partial charge in [-0.3, -0.25) is 4.99 Å². The lowest BCUT2D eigenvalue weighted by Crippen LogP contribution is -2.28. The van der Waals surface area contributed by atoms with Gasteiger partial charge >= 0.3 is 0 Å². The summed E-state index contributed by atoms with van der Waals surface area (Å²) in [5.74, 6) is 1.30. The molecule has 2 unspecified atom stereocenters. The maximum atomic E-state index is 6.13. The Morgan fingerprint density at radius 2 is 2.00 bits per heavy atom. The Kier molecular flexibility index (Phi) is 6.29. The summed E-state index contributed by atoms with van der Waals surface area (Å²) in [6.07, 6.45) is 2.29. The average Bonchev–Trinajstić information content (AvgIpc) is 2.67. The maximum absolute atomic E-state index is 6.13. The number of ether oxygens (including phenoxy) is 1. The average molecular weight is 351 g/mol. The summed E-state index contributed by atoms with van der Waals surface area (Å²) in [7, 11) is 0. The van der Waals surface area contributed by atoms with Gasteiger partial charge in [-0.25, -0.2) is 0 Å². The van der Waals surface area contributed by atoms with E-state index < -0.39 is 0 Å². The van der Waals surface area contributed by atoms with Crippen LogP contribution in [0.4, 0.5) is 5.69 Å². The van der Waals surface area contributed by atoms with Crippen LogP contribution in [0, 0.1) is 5.92 Å². The van der Waals surface area contributed by atoms with Gasteiger partial charge in [-0.2, -0.15) is 0 Å². The summed E-state index contributed by atoms with van der Waals surface area (Å²) >= 11 is 0. The van der Waals surface area contributed by atoms with E-state index in [1.807, 2.05) is 18.2 Å². The van der Waals surface area contributed by atoms with Crippen LogP contribution < -0.4 is 11.1 Å². The number of guanidine groups is 1. The van der Waals surface area contributed by atoms with E-state index in [2.05, 4.69) is 60.6 Å². The highest BCUT2D eigenvalue weighted by atomic mass is 16.5. The number of nitrogens with one attached hydrogen (secondary N) is 1. The van der Waals surface area contributed by atoms with Crippen LogP contribution in [0.25, 0.3) is 0 Å². The molecule has 1 aliphatic heterocycles. The monoisotopic (exact) mass is 351 g/mol. The molecule has 1 saturated heterocycles. The summed E-state index contributed by atoms with van der Waals surface area (Å²) in [5.41, 5.74) is 9.62. The largest absolute Gasteiger partial charge is 0.373 e. The van der Waals surface area contributed by atoms with E-state index in [1.54, 1.807) is 0 Å². The van der Waals surface area contributed by atoms with Gasteiger partial charge in [0.1, 0.15) is 0 Å². The predicted octanol–water partition coefficient (Wildman–Crippen LogP) is 4.70. The van der Waals surface area contributed by atoms with Gasteiger partial charge in [0.05, 0.1) is 6.10 Å². The van der Waals surface area contributed by atoms with Crippen LogP contribution in [-0.2, 0) is 4.74 Å². The van der Waals surface area contributed by atoms with Gasteiger partial charge in [0.25, 0.3) is 0 Å². The predicted molar refractivity (Wildman–Crippen MR) is 109 cm³/mol. The van der Waals surface area contributed by atoms with Crippen LogP contribution in [0.2, 0.25) is 0 Å². The van der Waals surface area contributed by atoms with Gasteiger partial charge in [-0.15, -0.1) is 0 Å². The van der Waals surface area contributed by atoms with E-state index in [4.69, 9.17) is 10.5 Å². The van der Waals surface area contributed by atoms with E-state index in [0.717, 1.165) is 25.1 Å². The fraction of sp³-hybridized carbons (Fsp3) is 0.409. The van der Waals surface area contributed by atoms with Crippen molar-refractivity contribution in [2.24, 2.45) is 16.6 Å². The third kappa shape index (κ3) is 4.85. The SMILES string of the molecule is CC(C)c1cccc(NC(N)=NCC2CCCOC2c2ccccc2)c1. The summed E-state index contributed by atoms with van der Waals surface area (Å²) in [5, 5.41) is 3.22. The Hall–Kier alpha value is -2.33. The van der Waals surface area contributed by atoms with Crippen LogP contribution in [0.1, 0.15) is 49.8 Å². The molecule has 0 aromatic heterocycles. The molecule has 0 spiro atoms. The number of rotatable bonds is 5. The molecule has 3 N–H and O–H groups in total. The fourth-order valence-electron chi connectivity index (χ4n) is 3.42. The van der Waals surface area contributed by atoms with Crippen molar-refractivity contribution < 1.29 is 4.74 Å². The third-order valence-electron chi connectivity index (χ3n) is 4.89. The first kappa shape index (κ1) is 18.5. The van der Waals surface area contributed by atoms with Crippen LogP contribution in [0.3, 0.4) is 0 Å².